The second-order valence-electron chi connectivity index (χ2n) is 12.1. The first kappa shape index (κ1) is 45.9. The van der Waals surface area contributed by atoms with Crippen LogP contribution in [0, 0.1) is 11.2 Å². The standard InChI is InChI=1S/C31H35FN6O4.2C2HF3O2/c1-5-19-14-23(27(32)26(16-19)42-18(2)17-37(3)4)24(15-20-10-12-21(13-11-20)28(33)34)29-35-31(41)38(36-29)25-9-7-6-8-22(25)30(39)40;2*3-2(4,5)1(6)7/h6-14,16,18,24H,5,15,17H2,1-4H3,(H3,33,34)(H,39,40)(H,35,36,41);2*(H,6,7). The number of nitrogen functional groups attached to an aromatic ring is 1. The third-order valence-corrected chi connectivity index (χ3v) is 7.38. The van der Waals surface area contributed by atoms with Gasteiger partial charge in [-0.3, -0.25) is 10.4 Å². The van der Waals surface area contributed by atoms with E-state index in [1.165, 1.54) is 12.1 Å². The van der Waals surface area contributed by atoms with E-state index < -0.39 is 47.7 Å². The zero-order valence-electron chi connectivity index (χ0n) is 30.0. The van der Waals surface area contributed by atoms with Crippen molar-refractivity contribution in [3.05, 3.63) is 111 Å². The molecule has 304 valence electrons. The lowest BCUT2D eigenvalue weighted by Gasteiger charge is -2.22. The maximum absolute atomic E-state index is 16.3. The third-order valence-electron chi connectivity index (χ3n) is 7.38. The number of likely N-dealkylation sites (N-methyl/N-ethyl adjacent to an activating group) is 1. The number of halogens is 7. The number of aryl methyl sites for hydroxylation is 1. The molecule has 0 bridgehead atoms. The highest BCUT2D eigenvalue weighted by atomic mass is 19.4. The minimum Gasteiger partial charge on any atom is -0.486 e. The predicted octanol–water partition coefficient (Wildman–Crippen LogP) is 5.21. The number of aromatic carboxylic acids is 1. The normalized spacial score (nSPS) is 12.4. The largest absolute Gasteiger partial charge is 0.490 e. The summed E-state index contributed by atoms with van der Waals surface area (Å²) in [4.78, 5) is 47.5. The van der Waals surface area contributed by atoms with E-state index in [0.717, 1.165) is 15.8 Å². The molecule has 0 fully saturated rings. The molecule has 0 saturated carbocycles. The molecule has 1 aromatic heterocycles. The molecule has 0 radical (unpaired) electrons. The number of alkyl halides is 6. The van der Waals surface area contributed by atoms with E-state index in [1.54, 1.807) is 48.5 Å². The summed E-state index contributed by atoms with van der Waals surface area (Å²) in [6, 6.07) is 16.5. The van der Waals surface area contributed by atoms with E-state index >= 15 is 4.39 Å². The number of benzene rings is 3. The topological polar surface area (TPSA) is 225 Å². The second kappa shape index (κ2) is 19.4. The van der Waals surface area contributed by atoms with Gasteiger partial charge in [-0.05, 0) is 63.2 Å². The summed E-state index contributed by atoms with van der Waals surface area (Å²) in [5.74, 6) is -7.86. The summed E-state index contributed by atoms with van der Waals surface area (Å²) in [7, 11) is 3.82. The fraction of sp³-hybridized carbons (Fsp3) is 0.314. The third kappa shape index (κ3) is 13.2. The van der Waals surface area contributed by atoms with Crippen LogP contribution in [0.2, 0.25) is 0 Å². The molecule has 0 aliphatic rings. The van der Waals surface area contributed by atoms with Crippen LogP contribution in [-0.4, -0.2) is 97.8 Å². The number of amidine groups is 1. The molecule has 0 aliphatic heterocycles. The molecule has 0 aliphatic carbocycles. The molecule has 1 heterocycles. The van der Waals surface area contributed by atoms with Crippen molar-refractivity contribution in [2.45, 2.75) is 51.1 Å². The molecular formula is C35H37F7N6O8. The maximum Gasteiger partial charge on any atom is 0.490 e. The van der Waals surface area contributed by atoms with Crippen molar-refractivity contribution < 1.29 is 65.2 Å². The molecule has 0 amide bonds. The number of nitrogens with two attached hydrogens (primary N) is 1. The van der Waals surface area contributed by atoms with Crippen LogP contribution >= 0.6 is 0 Å². The van der Waals surface area contributed by atoms with Gasteiger partial charge in [0.1, 0.15) is 17.8 Å². The smallest absolute Gasteiger partial charge is 0.486 e. The van der Waals surface area contributed by atoms with Gasteiger partial charge in [0, 0.05) is 17.7 Å². The van der Waals surface area contributed by atoms with Crippen LogP contribution < -0.4 is 16.2 Å². The Morgan fingerprint density at radius 3 is 1.95 bits per heavy atom. The number of nitrogens with zero attached hydrogens (tertiary/aromatic N) is 3. The minimum absolute atomic E-state index is 0.0754. The summed E-state index contributed by atoms with van der Waals surface area (Å²) in [5.41, 5.74) is 7.41. The fourth-order valence-electron chi connectivity index (χ4n) is 4.90. The van der Waals surface area contributed by atoms with Gasteiger partial charge in [0.25, 0.3) is 0 Å². The number of aliphatic carboxylic acids is 2. The quantitative estimate of drug-likeness (QED) is 0.0619. The van der Waals surface area contributed by atoms with Crippen LogP contribution in [0.1, 0.15) is 58.2 Å². The Hall–Kier alpha value is -6.25. The van der Waals surface area contributed by atoms with Crippen molar-refractivity contribution in [2.24, 2.45) is 5.73 Å². The number of hydrogen-bond acceptors (Lipinski definition) is 8. The number of para-hydroxylation sites is 1. The summed E-state index contributed by atoms with van der Waals surface area (Å²) in [5, 5.41) is 36.1. The first-order valence-electron chi connectivity index (χ1n) is 16.1. The van der Waals surface area contributed by atoms with E-state index in [-0.39, 0.29) is 46.7 Å². The summed E-state index contributed by atoms with van der Waals surface area (Å²) < 4.78 is 86.8. The molecule has 56 heavy (non-hydrogen) atoms. The molecule has 0 saturated heterocycles. The van der Waals surface area contributed by atoms with Crippen molar-refractivity contribution in [3.8, 4) is 11.4 Å². The number of rotatable bonds is 12. The Labute approximate surface area is 313 Å². The molecule has 2 atom stereocenters. The number of aromatic nitrogens is 3. The molecule has 4 rings (SSSR count). The lowest BCUT2D eigenvalue weighted by molar-refractivity contribution is -0.193. The maximum atomic E-state index is 16.3. The Morgan fingerprint density at radius 1 is 0.946 bits per heavy atom. The number of ether oxygens (including phenoxy) is 1. The van der Waals surface area contributed by atoms with E-state index in [4.69, 9.17) is 35.7 Å². The van der Waals surface area contributed by atoms with Crippen molar-refractivity contribution in [1.29, 1.82) is 5.41 Å². The van der Waals surface area contributed by atoms with Gasteiger partial charge >= 0.3 is 36.0 Å². The number of carbonyl (C=O) groups is 3. The SMILES string of the molecule is CCc1cc(OC(C)CN(C)C)c(F)c(C(Cc2ccc(C(=N)N)cc2)c2nn(-c3ccccc3C(=O)O)c(=O)[nH]2)c1.O=C(O)C(F)(F)F.O=C(O)C(F)(F)F. The molecule has 0 spiro atoms. The Kier molecular flexibility index (Phi) is 15.9. The van der Waals surface area contributed by atoms with Gasteiger partial charge in [0.15, 0.2) is 11.6 Å². The highest BCUT2D eigenvalue weighted by Crippen LogP contribution is 2.34. The number of nitrogens with one attached hydrogen (secondary N) is 2. The highest BCUT2D eigenvalue weighted by molar-refractivity contribution is 5.95. The number of carboxylic acid groups (broad SMARTS) is 3. The fourth-order valence-corrected chi connectivity index (χ4v) is 4.90. The number of aromatic amines is 1. The lowest BCUT2D eigenvalue weighted by atomic mass is 9.89. The van der Waals surface area contributed by atoms with Gasteiger partial charge < -0.3 is 30.7 Å². The van der Waals surface area contributed by atoms with Crippen LogP contribution in [0.25, 0.3) is 5.69 Å². The molecule has 7 N–H and O–H groups in total. The summed E-state index contributed by atoms with van der Waals surface area (Å²) in [6.45, 7) is 4.40. The van der Waals surface area contributed by atoms with Crippen LogP contribution in [0.4, 0.5) is 30.7 Å². The average Bonchev–Trinajstić information content (AvgIpc) is 3.48. The molecule has 14 nitrogen and oxygen atoms in total. The van der Waals surface area contributed by atoms with Gasteiger partial charge in [-0.1, -0.05) is 49.4 Å². The first-order chi connectivity index (χ1) is 25.9. The zero-order chi connectivity index (χ0) is 42.7. The van der Waals surface area contributed by atoms with Gasteiger partial charge in [0.05, 0.1) is 17.2 Å². The lowest BCUT2D eigenvalue weighted by Crippen LogP contribution is -2.28. The van der Waals surface area contributed by atoms with E-state index in [1.807, 2.05) is 32.8 Å². The zero-order valence-corrected chi connectivity index (χ0v) is 30.0. The van der Waals surface area contributed by atoms with Gasteiger partial charge in [-0.25, -0.2) is 23.6 Å². The number of H-pyrrole nitrogens is 1. The molecule has 3 aromatic carbocycles. The van der Waals surface area contributed by atoms with Crippen molar-refractivity contribution >= 4 is 23.7 Å². The van der Waals surface area contributed by atoms with Gasteiger partial charge in [-0.15, -0.1) is 5.10 Å². The molecule has 4 aromatic rings. The molecule has 21 heteroatoms. The van der Waals surface area contributed by atoms with Crippen molar-refractivity contribution in [2.75, 3.05) is 20.6 Å². The van der Waals surface area contributed by atoms with Gasteiger partial charge in [0.2, 0.25) is 0 Å². The van der Waals surface area contributed by atoms with E-state index in [2.05, 4.69) is 10.1 Å². The first-order valence-corrected chi connectivity index (χ1v) is 16.1. The van der Waals surface area contributed by atoms with Crippen LogP contribution in [0.5, 0.6) is 5.75 Å². The van der Waals surface area contributed by atoms with Gasteiger partial charge in [-0.2, -0.15) is 31.0 Å². The second-order valence-corrected chi connectivity index (χ2v) is 12.1. The number of hydrogen-bond donors (Lipinski definition) is 6. The minimum atomic E-state index is -5.08. The summed E-state index contributed by atoms with van der Waals surface area (Å²) in [6.07, 6.45) is -9.61. The van der Waals surface area contributed by atoms with Crippen LogP contribution in [0.3, 0.4) is 0 Å². The Morgan fingerprint density at radius 2 is 1.48 bits per heavy atom. The highest BCUT2D eigenvalue weighted by Gasteiger charge is 2.39. The summed E-state index contributed by atoms with van der Waals surface area (Å²) >= 11 is 0. The van der Waals surface area contributed by atoms with E-state index in [9.17, 15) is 41.0 Å². The van der Waals surface area contributed by atoms with Crippen molar-refractivity contribution in [3.63, 3.8) is 0 Å². The predicted molar refractivity (Wildman–Crippen MR) is 186 cm³/mol. The van der Waals surface area contributed by atoms with Crippen LogP contribution in [-0.2, 0) is 22.4 Å². The van der Waals surface area contributed by atoms with Crippen LogP contribution in [0.15, 0.2) is 65.5 Å². The molecule has 2 unspecified atom stereocenters. The van der Waals surface area contributed by atoms with E-state index in [0.29, 0.717) is 18.5 Å². The average molecular weight is 803 g/mol. The monoisotopic (exact) mass is 802 g/mol. The van der Waals surface area contributed by atoms with Crippen molar-refractivity contribution in [1.82, 2.24) is 19.7 Å². The Bertz CT molecular complexity index is 2040. The molecular weight excluding hydrogens is 765 g/mol. The number of carboxylic acids is 3. The Balaban J connectivity index is 0.000000657.